The van der Waals surface area contributed by atoms with Gasteiger partial charge in [-0.2, -0.15) is 0 Å². The molecule has 0 bridgehead atoms. The fourth-order valence-corrected chi connectivity index (χ4v) is 3.59. The largest absolute Gasteiger partial charge is 0.387 e. The van der Waals surface area contributed by atoms with E-state index in [0.717, 1.165) is 23.5 Å². The van der Waals surface area contributed by atoms with Gasteiger partial charge in [0.1, 0.15) is 0 Å². The van der Waals surface area contributed by atoms with Gasteiger partial charge in [-0.05, 0) is 37.8 Å². The minimum atomic E-state index is -0.561. The highest BCUT2D eigenvalue weighted by atomic mass is 32.1. The number of aromatic nitrogens is 2. The zero-order valence-electron chi connectivity index (χ0n) is 13.7. The molecular formula is C17H22N4O2S. The van der Waals surface area contributed by atoms with Gasteiger partial charge in [-0.1, -0.05) is 6.07 Å². The van der Waals surface area contributed by atoms with Crippen LogP contribution in [-0.2, 0) is 6.54 Å². The van der Waals surface area contributed by atoms with E-state index in [2.05, 4.69) is 15.3 Å². The number of rotatable bonds is 4. The van der Waals surface area contributed by atoms with E-state index in [9.17, 15) is 9.90 Å². The van der Waals surface area contributed by atoms with Crippen LogP contribution in [-0.4, -0.2) is 39.1 Å². The minimum absolute atomic E-state index is 0.0635. The first-order valence-corrected chi connectivity index (χ1v) is 9.04. The van der Waals surface area contributed by atoms with Crippen LogP contribution in [0.2, 0.25) is 0 Å². The number of nitrogens with one attached hydrogen (secondary N) is 1. The molecule has 128 valence electrons. The number of amides is 2. The minimum Gasteiger partial charge on any atom is -0.387 e. The third kappa shape index (κ3) is 4.10. The predicted molar refractivity (Wildman–Crippen MR) is 92.6 cm³/mol. The molecule has 2 amide bonds. The summed E-state index contributed by atoms with van der Waals surface area (Å²) in [6.45, 7) is 3.71. The topological polar surface area (TPSA) is 78.4 Å². The average Bonchev–Trinajstić information content (AvgIpc) is 3.05. The van der Waals surface area contributed by atoms with E-state index in [1.807, 2.05) is 30.5 Å². The number of pyridine rings is 1. The molecular weight excluding hydrogens is 324 g/mol. The molecule has 2 N–H and O–H groups in total. The van der Waals surface area contributed by atoms with Crippen LogP contribution >= 0.6 is 11.3 Å². The molecule has 0 aliphatic carbocycles. The Morgan fingerprint density at radius 3 is 2.88 bits per heavy atom. The number of nitrogens with zero attached hydrogens (tertiary/aromatic N) is 3. The maximum absolute atomic E-state index is 12.2. The van der Waals surface area contributed by atoms with Gasteiger partial charge in [0, 0.05) is 24.7 Å². The van der Waals surface area contributed by atoms with E-state index in [4.69, 9.17) is 0 Å². The molecule has 1 saturated heterocycles. The molecule has 1 unspecified atom stereocenters. The van der Waals surface area contributed by atoms with Gasteiger partial charge in [0.15, 0.2) is 0 Å². The number of hydrogen-bond donors (Lipinski definition) is 2. The molecule has 1 aliphatic heterocycles. The Labute approximate surface area is 145 Å². The van der Waals surface area contributed by atoms with Gasteiger partial charge in [-0.3, -0.25) is 4.98 Å². The number of aliphatic hydroxyl groups is 1. The molecule has 0 saturated carbocycles. The lowest BCUT2D eigenvalue weighted by Gasteiger charge is -2.34. The monoisotopic (exact) mass is 346 g/mol. The van der Waals surface area contributed by atoms with Crippen molar-refractivity contribution in [1.82, 2.24) is 20.2 Å². The second kappa shape index (κ2) is 7.72. The fraction of sp³-hybridized carbons (Fsp3) is 0.471. The van der Waals surface area contributed by atoms with Crippen LogP contribution in [0.5, 0.6) is 0 Å². The maximum Gasteiger partial charge on any atom is 0.317 e. The molecule has 0 radical (unpaired) electrons. The molecule has 7 heteroatoms. The van der Waals surface area contributed by atoms with Gasteiger partial charge in [-0.15, -0.1) is 11.3 Å². The van der Waals surface area contributed by atoms with Crippen LogP contribution in [0, 0.1) is 12.8 Å². The molecule has 0 aromatic carbocycles. The summed E-state index contributed by atoms with van der Waals surface area (Å²) in [5.41, 5.74) is 1.60. The Balaban J connectivity index is 1.47. The van der Waals surface area contributed by atoms with Gasteiger partial charge < -0.3 is 15.3 Å². The maximum atomic E-state index is 12.2. The predicted octanol–water partition coefficient (Wildman–Crippen LogP) is 2.50. The van der Waals surface area contributed by atoms with Crippen molar-refractivity contribution in [3.63, 3.8) is 0 Å². The number of piperidine rings is 1. The Morgan fingerprint density at radius 2 is 2.25 bits per heavy atom. The number of urea groups is 1. The van der Waals surface area contributed by atoms with E-state index >= 15 is 0 Å². The van der Waals surface area contributed by atoms with Crippen LogP contribution in [0.1, 0.15) is 35.3 Å². The van der Waals surface area contributed by atoms with Gasteiger partial charge in [0.05, 0.1) is 29.0 Å². The lowest BCUT2D eigenvalue weighted by atomic mass is 9.89. The number of hydrogen-bond acceptors (Lipinski definition) is 5. The first-order chi connectivity index (χ1) is 11.6. The van der Waals surface area contributed by atoms with Crippen molar-refractivity contribution >= 4 is 17.4 Å². The molecule has 3 heterocycles. The van der Waals surface area contributed by atoms with Gasteiger partial charge in [-0.25, -0.2) is 9.78 Å². The molecule has 2 aromatic heterocycles. The Hall–Kier alpha value is -1.99. The second-order valence-corrected chi connectivity index (χ2v) is 7.10. The number of likely N-dealkylation sites (tertiary alicyclic amines) is 1. The average molecular weight is 346 g/mol. The Kier molecular flexibility index (Phi) is 5.42. The smallest absolute Gasteiger partial charge is 0.317 e. The van der Waals surface area contributed by atoms with Gasteiger partial charge in [0.2, 0.25) is 0 Å². The first-order valence-electron chi connectivity index (χ1n) is 8.16. The summed E-state index contributed by atoms with van der Waals surface area (Å²) in [7, 11) is 0. The number of carbonyl (C=O) groups is 1. The van der Waals surface area contributed by atoms with Crippen molar-refractivity contribution < 1.29 is 9.90 Å². The number of aliphatic hydroxyl groups excluding tert-OH is 1. The van der Waals surface area contributed by atoms with Crippen LogP contribution in [0.4, 0.5) is 4.79 Å². The van der Waals surface area contributed by atoms with Crippen molar-refractivity contribution in [3.05, 3.63) is 46.2 Å². The van der Waals surface area contributed by atoms with Crippen molar-refractivity contribution in [1.29, 1.82) is 0 Å². The molecule has 6 nitrogen and oxygen atoms in total. The van der Waals surface area contributed by atoms with Crippen molar-refractivity contribution in [3.8, 4) is 0 Å². The summed E-state index contributed by atoms with van der Waals surface area (Å²) < 4.78 is 0. The van der Waals surface area contributed by atoms with Crippen LogP contribution in [0.15, 0.2) is 29.8 Å². The summed E-state index contributed by atoms with van der Waals surface area (Å²) >= 11 is 1.58. The molecule has 0 spiro atoms. The Bertz CT molecular complexity index is 668. The number of aryl methyl sites for hydroxylation is 1. The van der Waals surface area contributed by atoms with E-state index in [-0.39, 0.29) is 11.9 Å². The molecule has 3 rings (SSSR count). The van der Waals surface area contributed by atoms with Crippen molar-refractivity contribution in [2.45, 2.75) is 32.4 Å². The standard InChI is InChI=1S/C17H22N4O2S/c1-12-20-14(11-24-12)10-19-17(23)21-8-5-13(6-9-21)16(22)15-4-2-3-7-18-15/h2-4,7,11,13,16,22H,5-6,8-10H2,1H3,(H,19,23). The summed E-state index contributed by atoms with van der Waals surface area (Å²) in [6, 6.07) is 5.51. The summed E-state index contributed by atoms with van der Waals surface area (Å²) in [6.07, 6.45) is 2.69. The zero-order chi connectivity index (χ0) is 16.9. The molecule has 1 fully saturated rings. The highest BCUT2D eigenvalue weighted by molar-refractivity contribution is 7.09. The third-order valence-electron chi connectivity index (χ3n) is 4.35. The second-order valence-electron chi connectivity index (χ2n) is 6.04. The normalized spacial score (nSPS) is 16.8. The van der Waals surface area contributed by atoms with Gasteiger partial charge >= 0.3 is 6.03 Å². The zero-order valence-corrected chi connectivity index (χ0v) is 14.5. The lowest BCUT2D eigenvalue weighted by molar-refractivity contribution is 0.0635. The van der Waals surface area contributed by atoms with Crippen LogP contribution < -0.4 is 5.32 Å². The fourth-order valence-electron chi connectivity index (χ4n) is 2.98. The lowest BCUT2D eigenvalue weighted by Crippen LogP contribution is -2.45. The van der Waals surface area contributed by atoms with E-state index in [0.29, 0.717) is 25.3 Å². The van der Waals surface area contributed by atoms with Crippen molar-refractivity contribution in [2.24, 2.45) is 5.92 Å². The molecule has 1 aliphatic rings. The van der Waals surface area contributed by atoms with E-state index in [1.54, 1.807) is 22.4 Å². The van der Waals surface area contributed by atoms with Crippen LogP contribution in [0.25, 0.3) is 0 Å². The quantitative estimate of drug-likeness (QED) is 0.891. The van der Waals surface area contributed by atoms with Crippen LogP contribution in [0.3, 0.4) is 0 Å². The molecule has 1 atom stereocenters. The van der Waals surface area contributed by atoms with Gasteiger partial charge in [0.25, 0.3) is 0 Å². The first kappa shape index (κ1) is 16.9. The Morgan fingerprint density at radius 1 is 1.46 bits per heavy atom. The van der Waals surface area contributed by atoms with E-state index in [1.165, 1.54) is 0 Å². The SMILES string of the molecule is Cc1nc(CNC(=O)N2CCC(C(O)c3ccccn3)CC2)cs1. The van der Waals surface area contributed by atoms with Crippen molar-refractivity contribution in [2.75, 3.05) is 13.1 Å². The number of carbonyl (C=O) groups excluding carboxylic acids is 1. The summed E-state index contributed by atoms with van der Waals surface area (Å²) in [5, 5.41) is 16.3. The number of thiazole rings is 1. The highest BCUT2D eigenvalue weighted by Crippen LogP contribution is 2.29. The summed E-state index contributed by atoms with van der Waals surface area (Å²) in [5.74, 6) is 0.144. The summed E-state index contributed by atoms with van der Waals surface area (Å²) in [4.78, 5) is 22.6. The highest BCUT2D eigenvalue weighted by Gasteiger charge is 2.28. The third-order valence-corrected chi connectivity index (χ3v) is 5.17. The molecule has 24 heavy (non-hydrogen) atoms. The molecule has 2 aromatic rings. The van der Waals surface area contributed by atoms with E-state index < -0.39 is 6.10 Å².